The Hall–Kier alpha value is -1.29. The SMILES string of the molecule is Cc1cccnc1C(NCc1cccc(N)c1)C(C)C.Cl.Cl. The third kappa shape index (κ3) is 5.48. The van der Waals surface area contributed by atoms with E-state index in [1.54, 1.807) is 0 Å². The lowest BCUT2D eigenvalue weighted by Gasteiger charge is -2.23. The lowest BCUT2D eigenvalue weighted by molar-refractivity contribution is 0.400. The second-order valence-electron chi connectivity index (χ2n) is 5.55. The summed E-state index contributed by atoms with van der Waals surface area (Å²) in [5.74, 6) is 0.477. The van der Waals surface area contributed by atoms with Gasteiger partial charge in [0.15, 0.2) is 0 Å². The molecule has 2 aromatic rings. The van der Waals surface area contributed by atoms with Crippen molar-refractivity contribution in [3.63, 3.8) is 0 Å². The van der Waals surface area contributed by atoms with Crippen LogP contribution in [0.1, 0.15) is 36.7 Å². The molecule has 1 aromatic heterocycles. The molecule has 0 saturated carbocycles. The summed E-state index contributed by atoms with van der Waals surface area (Å²) in [7, 11) is 0. The molecule has 2 rings (SSSR count). The van der Waals surface area contributed by atoms with Gasteiger partial charge in [-0.25, -0.2) is 0 Å². The number of aromatic nitrogens is 1. The molecule has 122 valence electrons. The summed E-state index contributed by atoms with van der Waals surface area (Å²) in [5, 5.41) is 3.60. The number of nitrogens with one attached hydrogen (secondary N) is 1. The highest BCUT2D eigenvalue weighted by Gasteiger charge is 2.18. The molecular formula is C17H25Cl2N3. The predicted octanol–water partition coefficient (Wildman–Crippen LogP) is 4.30. The summed E-state index contributed by atoms with van der Waals surface area (Å²) in [6, 6.07) is 12.3. The number of aryl methyl sites for hydroxylation is 1. The fourth-order valence-electron chi connectivity index (χ4n) is 2.40. The van der Waals surface area contributed by atoms with Gasteiger partial charge in [0.1, 0.15) is 0 Å². The molecule has 3 N–H and O–H groups in total. The molecule has 0 saturated heterocycles. The van der Waals surface area contributed by atoms with Gasteiger partial charge in [-0.3, -0.25) is 4.98 Å². The summed E-state index contributed by atoms with van der Waals surface area (Å²) in [5.41, 5.74) is 10.2. The number of hydrogen-bond donors (Lipinski definition) is 2. The number of nitrogen functional groups attached to an aromatic ring is 1. The topological polar surface area (TPSA) is 50.9 Å². The van der Waals surface area contributed by atoms with E-state index in [0.717, 1.165) is 17.9 Å². The Morgan fingerprint density at radius 3 is 2.45 bits per heavy atom. The van der Waals surface area contributed by atoms with Crippen LogP contribution in [0.2, 0.25) is 0 Å². The largest absolute Gasteiger partial charge is 0.399 e. The molecule has 0 aliphatic heterocycles. The van der Waals surface area contributed by atoms with E-state index in [-0.39, 0.29) is 30.9 Å². The third-order valence-corrected chi connectivity index (χ3v) is 3.49. The first-order valence-corrected chi connectivity index (χ1v) is 7.07. The quantitative estimate of drug-likeness (QED) is 0.797. The van der Waals surface area contributed by atoms with Crippen molar-refractivity contribution in [1.29, 1.82) is 0 Å². The minimum Gasteiger partial charge on any atom is -0.399 e. The first kappa shape index (κ1) is 20.7. The Morgan fingerprint density at radius 2 is 1.86 bits per heavy atom. The average molecular weight is 342 g/mol. The third-order valence-electron chi connectivity index (χ3n) is 3.49. The Bertz CT molecular complexity index is 573. The van der Waals surface area contributed by atoms with Crippen LogP contribution in [-0.2, 0) is 6.54 Å². The van der Waals surface area contributed by atoms with Gasteiger partial charge in [0.05, 0.1) is 11.7 Å². The maximum Gasteiger partial charge on any atom is 0.0604 e. The fraction of sp³-hybridized carbons (Fsp3) is 0.353. The molecule has 5 heteroatoms. The summed E-state index contributed by atoms with van der Waals surface area (Å²) < 4.78 is 0. The van der Waals surface area contributed by atoms with Gasteiger partial charge in [-0.15, -0.1) is 24.8 Å². The van der Waals surface area contributed by atoms with Crippen molar-refractivity contribution < 1.29 is 0 Å². The van der Waals surface area contributed by atoms with Crippen molar-refractivity contribution in [2.45, 2.75) is 33.4 Å². The standard InChI is InChI=1S/C17H23N3.2ClH/c1-12(2)16(17-13(3)6-5-9-19-17)20-11-14-7-4-8-15(18)10-14;;/h4-10,12,16,20H,11,18H2,1-3H3;2*1H. The molecule has 0 aliphatic carbocycles. The van der Waals surface area contributed by atoms with E-state index >= 15 is 0 Å². The summed E-state index contributed by atoms with van der Waals surface area (Å²) in [6.45, 7) is 7.33. The highest BCUT2D eigenvalue weighted by atomic mass is 35.5. The van der Waals surface area contributed by atoms with Gasteiger partial charge in [0.25, 0.3) is 0 Å². The van der Waals surface area contributed by atoms with E-state index in [1.807, 2.05) is 30.5 Å². The number of benzene rings is 1. The van der Waals surface area contributed by atoms with Crippen LogP contribution >= 0.6 is 24.8 Å². The predicted molar refractivity (Wildman–Crippen MR) is 98.7 cm³/mol. The molecule has 1 unspecified atom stereocenters. The Morgan fingerprint density at radius 1 is 1.14 bits per heavy atom. The number of halogens is 2. The summed E-state index contributed by atoms with van der Waals surface area (Å²) in [6.07, 6.45) is 1.86. The van der Waals surface area contributed by atoms with Gasteiger partial charge >= 0.3 is 0 Å². The molecule has 1 aromatic carbocycles. The first-order chi connectivity index (χ1) is 9.58. The molecule has 0 spiro atoms. The molecule has 0 bridgehead atoms. The van der Waals surface area contributed by atoms with Gasteiger partial charge in [-0.05, 0) is 42.2 Å². The highest BCUT2D eigenvalue weighted by molar-refractivity contribution is 5.85. The number of nitrogens with two attached hydrogens (primary N) is 1. The lowest BCUT2D eigenvalue weighted by Crippen LogP contribution is -2.27. The van der Waals surface area contributed by atoms with Crippen LogP contribution in [0, 0.1) is 12.8 Å². The zero-order valence-electron chi connectivity index (χ0n) is 13.2. The molecule has 0 amide bonds. The number of hydrogen-bond acceptors (Lipinski definition) is 3. The summed E-state index contributed by atoms with van der Waals surface area (Å²) >= 11 is 0. The van der Waals surface area contributed by atoms with Gasteiger partial charge in [0, 0.05) is 18.4 Å². The van der Waals surface area contributed by atoms with Gasteiger partial charge in [-0.1, -0.05) is 32.0 Å². The maximum absolute atomic E-state index is 5.82. The van der Waals surface area contributed by atoms with Crippen molar-refractivity contribution in [2.24, 2.45) is 5.92 Å². The van der Waals surface area contributed by atoms with Crippen molar-refractivity contribution in [1.82, 2.24) is 10.3 Å². The smallest absolute Gasteiger partial charge is 0.0604 e. The van der Waals surface area contributed by atoms with Crippen molar-refractivity contribution in [3.05, 3.63) is 59.4 Å². The zero-order valence-corrected chi connectivity index (χ0v) is 14.9. The lowest BCUT2D eigenvalue weighted by atomic mass is 9.97. The fourth-order valence-corrected chi connectivity index (χ4v) is 2.40. The molecule has 0 fully saturated rings. The van der Waals surface area contributed by atoms with Crippen molar-refractivity contribution >= 4 is 30.5 Å². The van der Waals surface area contributed by atoms with E-state index in [9.17, 15) is 0 Å². The molecule has 0 radical (unpaired) electrons. The first-order valence-electron chi connectivity index (χ1n) is 7.07. The monoisotopic (exact) mass is 341 g/mol. The van der Waals surface area contributed by atoms with E-state index in [0.29, 0.717) is 5.92 Å². The second kappa shape index (κ2) is 9.67. The van der Waals surface area contributed by atoms with Crippen LogP contribution in [0.25, 0.3) is 0 Å². The second-order valence-corrected chi connectivity index (χ2v) is 5.55. The molecule has 22 heavy (non-hydrogen) atoms. The highest BCUT2D eigenvalue weighted by Crippen LogP contribution is 2.23. The number of rotatable bonds is 5. The molecule has 3 nitrogen and oxygen atoms in total. The Labute approximate surface area is 145 Å². The van der Waals surface area contributed by atoms with Crippen LogP contribution in [0.5, 0.6) is 0 Å². The van der Waals surface area contributed by atoms with Crippen molar-refractivity contribution in [2.75, 3.05) is 5.73 Å². The number of anilines is 1. The van der Waals surface area contributed by atoms with E-state index < -0.39 is 0 Å². The molecule has 0 aliphatic rings. The van der Waals surface area contributed by atoms with Crippen LogP contribution in [0.3, 0.4) is 0 Å². The van der Waals surface area contributed by atoms with Gasteiger partial charge < -0.3 is 11.1 Å². The van der Waals surface area contributed by atoms with E-state index in [4.69, 9.17) is 5.73 Å². The van der Waals surface area contributed by atoms with Gasteiger partial charge in [-0.2, -0.15) is 0 Å². The maximum atomic E-state index is 5.82. The molecule has 1 heterocycles. The average Bonchev–Trinajstić information content (AvgIpc) is 2.40. The molecule has 1 atom stereocenters. The van der Waals surface area contributed by atoms with Crippen LogP contribution in [-0.4, -0.2) is 4.98 Å². The van der Waals surface area contributed by atoms with Crippen LogP contribution in [0.15, 0.2) is 42.6 Å². The number of nitrogens with zero attached hydrogens (tertiary/aromatic N) is 1. The zero-order chi connectivity index (χ0) is 14.5. The van der Waals surface area contributed by atoms with Crippen LogP contribution < -0.4 is 11.1 Å². The summed E-state index contributed by atoms with van der Waals surface area (Å²) in [4.78, 5) is 4.54. The minimum atomic E-state index is 0. The minimum absolute atomic E-state index is 0. The normalized spacial score (nSPS) is 11.5. The van der Waals surface area contributed by atoms with E-state index in [2.05, 4.69) is 43.2 Å². The van der Waals surface area contributed by atoms with Crippen LogP contribution in [0.4, 0.5) is 5.69 Å². The Balaban J connectivity index is 0.00000220. The van der Waals surface area contributed by atoms with Crippen molar-refractivity contribution in [3.8, 4) is 0 Å². The van der Waals surface area contributed by atoms with Gasteiger partial charge in [0.2, 0.25) is 0 Å². The van der Waals surface area contributed by atoms with E-state index in [1.165, 1.54) is 11.1 Å². The Kier molecular flexibility index (Phi) is 9.10. The number of pyridine rings is 1. The molecular weight excluding hydrogens is 317 g/mol.